The van der Waals surface area contributed by atoms with Crippen molar-refractivity contribution in [1.82, 2.24) is 9.78 Å². The second-order valence-corrected chi connectivity index (χ2v) is 6.80. The lowest BCUT2D eigenvalue weighted by Gasteiger charge is -2.09. The molecule has 4 heteroatoms. The van der Waals surface area contributed by atoms with E-state index in [1.165, 1.54) is 31.2 Å². The summed E-state index contributed by atoms with van der Waals surface area (Å²) < 4.78 is 1.66. The molecule has 0 bridgehead atoms. The zero-order chi connectivity index (χ0) is 16.4. The van der Waals surface area contributed by atoms with Gasteiger partial charge >= 0.3 is 0 Å². The van der Waals surface area contributed by atoms with E-state index in [9.17, 15) is 4.79 Å². The van der Waals surface area contributed by atoms with Gasteiger partial charge in [-0.05, 0) is 43.2 Å². The smallest absolute Gasteiger partial charge is 0.259 e. The van der Waals surface area contributed by atoms with Crippen molar-refractivity contribution in [3.8, 4) is 0 Å². The summed E-state index contributed by atoms with van der Waals surface area (Å²) in [5.41, 5.74) is 3.56. The van der Waals surface area contributed by atoms with Crippen LogP contribution in [0.25, 0.3) is 0 Å². The molecule has 0 unspecified atom stereocenters. The molecule has 1 amide bonds. The fourth-order valence-corrected chi connectivity index (χ4v) is 2.54. The van der Waals surface area contributed by atoms with Crippen LogP contribution in [0.4, 0.5) is 5.69 Å². The number of nitrogens with one attached hydrogen (secondary N) is 1. The van der Waals surface area contributed by atoms with Gasteiger partial charge in [-0.15, -0.1) is 0 Å². The number of carbonyl (C=O) groups is 1. The summed E-state index contributed by atoms with van der Waals surface area (Å²) in [4.78, 5) is 12.3. The van der Waals surface area contributed by atoms with Gasteiger partial charge in [-0.25, -0.2) is 0 Å². The normalized spacial score (nSPS) is 16.5. The van der Waals surface area contributed by atoms with E-state index in [2.05, 4.69) is 23.4 Å². The number of aryl methyl sites for hydroxylation is 2. The van der Waals surface area contributed by atoms with Crippen LogP contribution in [0.5, 0.6) is 0 Å². The number of para-hydroxylation sites is 1. The molecule has 0 saturated heterocycles. The largest absolute Gasteiger partial charge is 0.322 e. The fraction of sp³-hybridized carbons (Fsp3) is 0.474. The second-order valence-electron chi connectivity index (χ2n) is 6.80. The Kier molecular flexibility index (Phi) is 4.51. The highest BCUT2D eigenvalue weighted by molar-refractivity contribution is 6.05. The van der Waals surface area contributed by atoms with Crippen LogP contribution >= 0.6 is 0 Å². The summed E-state index contributed by atoms with van der Waals surface area (Å²) in [7, 11) is 1.82. The molecule has 0 atom stereocenters. The van der Waals surface area contributed by atoms with E-state index in [1.807, 2.05) is 32.2 Å². The molecule has 2 fully saturated rings. The van der Waals surface area contributed by atoms with Crippen molar-refractivity contribution in [1.29, 1.82) is 0 Å². The Morgan fingerprint density at radius 1 is 1.22 bits per heavy atom. The SMILES string of the molecule is CC1CC1.Cc1nn(C)cc1C(=O)Nc1ccccc1C1CC1. The van der Waals surface area contributed by atoms with Crippen LogP contribution in [-0.4, -0.2) is 15.7 Å². The number of amides is 1. The minimum atomic E-state index is -0.0845. The number of hydrogen-bond acceptors (Lipinski definition) is 2. The molecule has 2 aliphatic carbocycles. The van der Waals surface area contributed by atoms with E-state index < -0.39 is 0 Å². The highest BCUT2D eigenvalue weighted by atomic mass is 16.1. The van der Waals surface area contributed by atoms with Crippen molar-refractivity contribution in [2.24, 2.45) is 13.0 Å². The number of benzene rings is 1. The van der Waals surface area contributed by atoms with Gasteiger partial charge in [-0.3, -0.25) is 9.48 Å². The fourth-order valence-electron chi connectivity index (χ4n) is 2.54. The number of hydrogen-bond donors (Lipinski definition) is 1. The molecule has 0 radical (unpaired) electrons. The third kappa shape index (κ3) is 4.21. The van der Waals surface area contributed by atoms with E-state index in [1.54, 1.807) is 10.9 Å². The first-order valence-corrected chi connectivity index (χ1v) is 8.45. The summed E-state index contributed by atoms with van der Waals surface area (Å²) in [6.45, 7) is 4.13. The first kappa shape index (κ1) is 15.8. The van der Waals surface area contributed by atoms with Crippen LogP contribution in [0.1, 0.15) is 60.1 Å². The van der Waals surface area contributed by atoms with Gasteiger partial charge in [0.1, 0.15) is 0 Å². The van der Waals surface area contributed by atoms with Gasteiger partial charge in [0, 0.05) is 18.9 Å². The number of carbonyl (C=O) groups excluding carboxylic acids is 1. The van der Waals surface area contributed by atoms with E-state index >= 15 is 0 Å². The third-order valence-corrected chi connectivity index (χ3v) is 4.35. The Balaban J connectivity index is 0.000000341. The first-order chi connectivity index (χ1) is 11.0. The van der Waals surface area contributed by atoms with Crippen LogP contribution in [0.2, 0.25) is 0 Å². The van der Waals surface area contributed by atoms with Crippen LogP contribution in [-0.2, 0) is 7.05 Å². The van der Waals surface area contributed by atoms with Crippen LogP contribution in [0, 0.1) is 12.8 Å². The monoisotopic (exact) mass is 311 g/mol. The summed E-state index contributed by atoms with van der Waals surface area (Å²) in [6, 6.07) is 8.05. The number of anilines is 1. The Labute approximate surface area is 137 Å². The van der Waals surface area contributed by atoms with Crippen molar-refractivity contribution in [3.05, 3.63) is 47.3 Å². The summed E-state index contributed by atoms with van der Waals surface area (Å²) in [6.07, 6.45) is 7.17. The first-order valence-electron chi connectivity index (χ1n) is 8.45. The molecule has 2 aromatic rings. The molecular weight excluding hydrogens is 286 g/mol. The topological polar surface area (TPSA) is 46.9 Å². The van der Waals surface area contributed by atoms with E-state index in [0.29, 0.717) is 11.5 Å². The molecule has 2 aliphatic rings. The molecular formula is C19H25N3O. The van der Waals surface area contributed by atoms with E-state index in [0.717, 1.165) is 17.3 Å². The van der Waals surface area contributed by atoms with Gasteiger partial charge in [0.15, 0.2) is 0 Å². The van der Waals surface area contributed by atoms with Gasteiger partial charge in [-0.2, -0.15) is 5.10 Å². The maximum Gasteiger partial charge on any atom is 0.259 e. The molecule has 4 rings (SSSR count). The minimum absolute atomic E-state index is 0.0845. The van der Waals surface area contributed by atoms with Gasteiger partial charge < -0.3 is 5.32 Å². The Morgan fingerprint density at radius 3 is 2.39 bits per heavy atom. The Hall–Kier alpha value is -2.10. The lowest BCUT2D eigenvalue weighted by atomic mass is 10.1. The highest BCUT2D eigenvalue weighted by Gasteiger charge is 2.26. The predicted octanol–water partition coefficient (Wildman–Crippen LogP) is 4.27. The van der Waals surface area contributed by atoms with Gasteiger partial charge in [0.2, 0.25) is 0 Å². The van der Waals surface area contributed by atoms with Crippen molar-refractivity contribution in [2.45, 2.75) is 45.4 Å². The van der Waals surface area contributed by atoms with Crippen molar-refractivity contribution in [3.63, 3.8) is 0 Å². The molecule has 1 aromatic carbocycles. The molecule has 0 spiro atoms. The van der Waals surface area contributed by atoms with Crippen molar-refractivity contribution in [2.75, 3.05) is 5.32 Å². The van der Waals surface area contributed by atoms with Crippen LogP contribution in [0.15, 0.2) is 30.5 Å². The standard InChI is InChI=1S/C15H17N3O.C4H8/c1-10-13(9-18(2)17-10)15(19)16-14-6-4-3-5-12(14)11-7-8-11;1-4-2-3-4/h3-6,9,11H,7-8H2,1-2H3,(H,16,19);4H,2-3H2,1H3. The van der Waals surface area contributed by atoms with E-state index in [4.69, 9.17) is 0 Å². The Morgan fingerprint density at radius 2 is 1.87 bits per heavy atom. The van der Waals surface area contributed by atoms with Crippen LogP contribution in [0.3, 0.4) is 0 Å². The summed E-state index contributed by atoms with van der Waals surface area (Å²) in [5, 5.41) is 7.21. The minimum Gasteiger partial charge on any atom is -0.322 e. The van der Waals surface area contributed by atoms with Gasteiger partial charge in [0.25, 0.3) is 5.91 Å². The lowest BCUT2D eigenvalue weighted by Crippen LogP contribution is -2.13. The highest BCUT2D eigenvalue weighted by Crippen LogP contribution is 2.43. The summed E-state index contributed by atoms with van der Waals surface area (Å²) in [5.74, 6) is 1.62. The molecule has 23 heavy (non-hydrogen) atoms. The van der Waals surface area contributed by atoms with Crippen LogP contribution < -0.4 is 5.32 Å². The zero-order valence-electron chi connectivity index (χ0n) is 14.2. The predicted molar refractivity (Wildman–Crippen MR) is 92.7 cm³/mol. The van der Waals surface area contributed by atoms with Crippen molar-refractivity contribution >= 4 is 11.6 Å². The molecule has 4 nitrogen and oxygen atoms in total. The van der Waals surface area contributed by atoms with E-state index in [-0.39, 0.29) is 5.91 Å². The van der Waals surface area contributed by atoms with Gasteiger partial charge in [0.05, 0.1) is 11.3 Å². The number of nitrogens with zero attached hydrogens (tertiary/aromatic N) is 2. The molecule has 1 N–H and O–H groups in total. The van der Waals surface area contributed by atoms with Gasteiger partial charge in [-0.1, -0.05) is 38.0 Å². The quantitative estimate of drug-likeness (QED) is 0.920. The van der Waals surface area contributed by atoms with Crippen molar-refractivity contribution < 1.29 is 4.79 Å². The molecule has 2 saturated carbocycles. The molecule has 122 valence electrons. The number of rotatable bonds is 3. The third-order valence-electron chi connectivity index (χ3n) is 4.35. The average Bonchev–Trinajstić information content (AvgIpc) is 3.43. The molecule has 1 aromatic heterocycles. The molecule has 1 heterocycles. The maximum atomic E-state index is 12.3. The number of aromatic nitrogens is 2. The zero-order valence-corrected chi connectivity index (χ0v) is 14.2. The second kappa shape index (κ2) is 6.57. The maximum absolute atomic E-state index is 12.3. The molecule has 0 aliphatic heterocycles. The summed E-state index contributed by atoms with van der Waals surface area (Å²) >= 11 is 0. The average molecular weight is 311 g/mol. The lowest BCUT2D eigenvalue weighted by molar-refractivity contribution is 0.102. The Bertz CT molecular complexity index is 696.